The number of thioether (sulfide) groups is 2. The Labute approximate surface area is 299 Å². The third-order valence-corrected chi connectivity index (χ3v) is 11.8. The van der Waals surface area contributed by atoms with Gasteiger partial charge in [0.25, 0.3) is 0 Å². The fourth-order valence-electron chi connectivity index (χ4n) is 5.84. The Hall–Kier alpha value is -1.17. The molecule has 2 nitrogen and oxygen atoms in total. The van der Waals surface area contributed by atoms with Crippen LogP contribution in [0.4, 0.5) is 11.4 Å². The van der Waals surface area contributed by atoms with E-state index in [1.807, 2.05) is 0 Å². The van der Waals surface area contributed by atoms with Crippen LogP contribution in [0.5, 0.6) is 0 Å². The molecule has 0 atom stereocenters. The lowest BCUT2D eigenvalue weighted by Gasteiger charge is -2.28. The first-order valence-electron chi connectivity index (χ1n) is 18.9. The number of unbranched alkanes of at least 4 members (excludes halogenated alkanes) is 18. The molecule has 2 aromatic rings. The molecule has 0 aliphatic heterocycles. The van der Waals surface area contributed by atoms with E-state index in [9.17, 15) is 0 Å². The molecule has 5 heteroatoms. The van der Waals surface area contributed by atoms with Crippen LogP contribution < -0.4 is 9.80 Å². The van der Waals surface area contributed by atoms with Gasteiger partial charge in [-0.3, -0.25) is 0 Å². The van der Waals surface area contributed by atoms with Crippen molar-refractivity contribution in [1.29, 1.82) is 0 Å². The number of nitrogens with zero attached hydrogens (tertiary/aromatic N) is 2. The molecule has 0 saturated carbocycles. The maximum Gasteiger partial charge on any atom is 0.180 e. The molecule has 0 spiro atoms. The molecule has 2 rings (SSSR count). The van der Waals surface area contributed by atoms with Crippen molar-refractivity contribution in [2.45, 2.75) is 154 Å². The lowest BCUT2D eigenvalue weighted by molar-refractivity contribution is 0.563. The fraction of sp³-hybridized carbons (Fsp3) is 0.683. The third kappa shape index (κ3) is 19.0. The standard InChI is InChI=1S/C41H68N2S3/c1-5-7-9-11-13-15-17-19-21-23-33-45-35-37-25-29-39(30-26-37)42(3)41(44)43(4)40-31-27-38(28-32-40)36-46-34-24-22-20-18-16-14-12-10-8-6-2/h25-32H,5-24,33-36H2,1-4H3. The smallest absolute Gasteiger partial charge is 0.180 e. The fourth-order valence-corrected chi connectivity index (χ4v) is 8.01. The van der Waals surface area contributed by atoms with Gasteiger partial charge in [-0.05, 0) is 72.0 Å². The summed E-state index contributed by atoms with van der Waals surface area (Å²) < 4.78 is 0. The van der Waals surface area contributed by atoms with Gasteiger partial charge in [0.2, 0.25) is 0 Å². The first-order valence-corrected chi connectivity index (χ1v) is 21.6. The summed E-state index contributed by atoms with van der Waals surface area (Å²) in [4.78, 5) is 4.23. The molecule has 0 bridgehead atoms. The molecular formula is C41H68N2S3. The van der Waals surface area contributed by atoms with Gasteiger partial charge in [0, 0.05) is 37.0 Å². The summed E-state index contributed by atoms with van der Waals surface area (Å²) in [5.74, 6) is 4.72. The molecule has 0 aliphatic rings. The van der Waals surface area contributed by atoms with Crippen LogP contribution in [0, 0.1) is 0 Å². The molecule has 0 aromatic heterocycles. The van der Waals surface area contributed by atoms with Crippen LogP contribution in [-0.2, 0) is 11.5 Å². The molecule has 46 heavy (non-hydrogen) atoms. The number of hydrogen-bond acceptors (Lipinski definition) is 3. The molecule has 0 aliphatic carbocycles. The second kappa shape index (κ2) is 27.7. The molecule has 0 N–H and O–H groups in total. The first kappa shape index (κ1) is 41.0. The van der Waals surface area contributed by atoms with E-state index in [1.54, 1.807) is 0 Å². The van der Waals surface area contributed by atoms with Crippen LogP contribution in [0.15, 0.2) is 48.5 Å². The van der Waals surface area contributed by atoms with Gasteiger partial charge < -0.3 is 9.80 Å². The molecule has 0 radical (unpaired) electrons. The van der Waals surface area contributed by atoms with Crippen LogP contribution in [0.25, 0.3) is 0 Å². The lowest BCUT2D eigenvalue weighted by Crippen LogP contribution is -2.38. The Kier molecular flexibility index (Phi) is 24.7. The Morgan fingerprint density at radius 1 is 0.457 bits per heavy atom. The number of benzene rings is 2. The van der Waals surface area contributed by atoms with E-state index in [0.29, 0.717) is 0 Å². The van der Waals surface area contributed by atoms with Crippen molar-refractivity contribution >= 4 is 52.2 Å². The van der Waals surface area contributed by atoms with Crippen molar-refractivity contribution in [2.24, 2.45) is 0 Å². The van der Waals surface area contributed by atoms with E-state index in [1.165, 1.54) is 151 Å². The molecule has 0 fully saturated rings. The zero-order chi connectivity index (χ0) is 33.1. The van der Waals surface area contributed by atoms with Crippen molar-refractivity contribution in [1.82, 2.24) is 0 Å². The summed E-state index contributed by atoms with van der Waals surface area (Å²) in [6.45, 7) is 4.59. The zero-order valence-corrected chi connectivity index (χ0v) is 32.7. The average molecular weight is 685 g/mol. The summed E-state index contributed by atoms with van der Waals surface area (Å²) >= 11 is 10.0. The highest BCUT2D eigenvalue weighted by Gasteiger charge is 2.13. The Balaban J connectivity index is 1.57. The van der Waals surface area contributed by atoms with Crippen LogP contribution >= 0.6 is 35.7 Å². The number of rotatable bonds is 28. The molecule has 260 valence electrons. The van der Waals surface area contributed by atoms with E-state index in [0.717, 1.165) is 28.0 Å². The normalized spacial score (nSPS) is 11.2. The van der Waals surface area contributed by atoms with E-state index >= 15 is 0 Å². The van der Waals surface area contributed by atoms with E-state index in [-0.39, 0.29) is 0 Å². The van der Waals surface area contributed by atoms with Gasteiger partial charge in [0.1, 0.15) is 0 Å². The summed E-state index contributed by atoms with van der Waals surface area (Å²) in [5, 5.41) is 0.811. The van der Waals surface area contributed by atoms with Gasteiger partial charge >= 0.3 is 0 Å². The zero-order valence-electron chi connectivity index (χ0n) is 30.2. The molecule has 0 unspecified atom stereocenters. The van der Waals surface area contributed by atoms with Crippen molar-refractivity contribution in [2.75, 3.05) is 35.4 Å². The minimum atomic E-state index is 0.811. The predicted molar refractivity (Wildman–Crippen MR) is 218 cm³/mol. The van der Waals surface area contributed by atoms with Gasteiger partial charge in [-0.1, -0.05) is 154 Å². The largest absolute Gasteiger partial charge is 0.322 e. The van der Waals surface area contributed by atoms with Crippen LogP contribution in [0.1, 0.15) is 153 Å². The second-order valence-corrected chi connectivity index (χ2v) is 15.8. The van der Waals surface area contributed by atoms with E-state index < -0.39 is 0 Å². The second-order valence-electron chi connectivity index (χ2n) is 13.2. The van der Waals surface area contributed by atoms with E-state index in [4.69, 9.17) is 12.2 Å². The quantitative estimate of drug-likeness (QED) is 0.0648. The van der Waals surface area contributed by atoms with Crippen LogP contribution in [0.2, 0.25) is 0 Å². The highest BCUT2D eigenvalue weighted by molar-refractivity contribution is 7.98. The van der Waals surface area contributed by atoms with Crippen molar-refractivity contribution < 1.29 is 0 Å². The summed E-state index contributed by atoms with van der Waals surface area (Å²) in [7, 11) is 4.15. The maximum atomic E-state index is 5.89. The topological polar surface area (TPSA) is 6.48 Å². The summed E-state index contributed by atoms with van der Waals surface area (Å²) in [6.07, 6.45) is 28.1. The minimum Gasteiger partial charge on any atom is -0.322 e. The SMILES string of the molecule is CCCCCCCCCCCCSCc1ccc(N(C)C(=S)N(C)c2ccc(CSCCCCCCCCCCCC)cc2)cc1. The van der Waals surface area contributed by atoms with Gasteiger partial charge in [-0.25, -0.2) is 0 Å². The monoisotopic (exact) mass is 684 g/mol. The van der Waals surface area contributed by atoms with Crippen molar-refractivity contribution in [3.8, 4) is 0 Å². The molecule has 0 saturated heterocycles. The van der Waals surface area contributed by atoms with Crippen molar-refractivity contribution in [3.05, 3.63) is 59.7 Å². The molecule has 0 heterocycles. The first-order chi connectivity index (χ1) is 22.6. The molecule has 0 amide bonds. The van der Waals surface area contributed by atoms with Gasteiger partial charge in [-0.2, -0.15) is 23.5 Å². The highest BCUT2D eigenvalue weighted by Crippen LogP contribution is 2.23. The average Bonchev–Trinajstić information content (AvgIpc) is 3.08. The highest BCUT2D eigenvalue weighted by atomic mass is 32.2. The molecule has 2 aromatic carbocycles. The number of hydrogen-bond donors (Lipinski definition) is 0. The summed E-state index contributed by atoms with van der Waals surface area (Å²) in [5.41, 5.74) is 5.07. The van der Waals surface area contributed by atoms with Gasteiger partial charge in [0.05, 0.1) is 0 Å². The Morgan fingerprint density at radius 3 is 1.04 bits per heavy atom. The Bertz CT molecular complexity index is 912. The van der Waals surface area contributed by atoms with Gasteiger partial charge in [0.15, 0.2) is 5.11 Å². The third-order valence-electron chi connectivity index (χ3n) is 9.04. The minimum absolute atomic E-state index is 0.811. The number of thiocarbonyl (C=S) groups is 1. The van der Waals surface area contributed by atoms with Crippen LogP contribution in [-0.4, -0.2) is 30.7 Å². The van der Waals surface area contributed by atoms with E-state index in [2.05, 4.69) is 110 Å². The summed E-state index contributed by atoms with van der Waals surface area (Å²) in [6, 6.07) is 17.9. The van der Waals surface area contributed by atoms with Crippen LogP contribution in [0.3, 0.4) is 0 Å². The lowest BCUT2D eigenvalue weighted by atomic mass is 10.1. The Morgan fingerprint density at radius 2 is 0.739 bits per heavy atom. The predicted octanol–water partition coefficient (Wildman–Crippen LogP) is 13.9. The number of anilines is 2. The molecular weight excluding hydrogens is 617 g/mol. The maximum absolute atomic E-state index is 5.89. The van der Waals surface area contributed by atoms with Gasteiger partial charge in [-0.15, -0.1) is 0 Å². The van der Waals surface area contributed by atoms with Crippen molar-refractivity contribution in [3.63, 3.8) is 0 Å².